The third-order valence-electron chi connectivity index (χ3n) is 13.5. The van der Waals surface area contributed by atoms with Gasteiger partial charge in [0.2, 0.25) is 0 Å². The molecule has 9 aromatic rings. The Kier molecular flexibility index (Phi) is 6.80. The first-order chi connectivity index (χ1) is 29.3. The molecule has 2 nitrogen and oxygen atoms in total. The molecule has 1 spiro atoms. The summed E-state index contributed by atoms with van der Waals surface area (Å²) in [7, 11) is 0. The van der Waals surface area contributed by atoms with Crippen LogP contribution < -0.4 is 9.80 Å². The Bertz CT molecular complexity index is 3210. The highest BCUT2D eigenvalue weighted by molar-refractivity contribution is 6.18. The molecule has 4 aliphatic rings. The summed E-state index contributed by atoms with van der Waals surface area (Å²) < 4.78 is 0. The van der Waals surface area contributed by atoms with E-state index in [4.69, 9.17) is 0 Å². The van der Waals surface area contributed by atoms with Gasteiger partial charge < -0.3 is 9.80 Å². The summed E-state index contributed by atoms with van der Waals surface area (Å²) in [6.45, 7) is 0. The minimum absolute atomic E-state index is 0.0990. The van der Waals surface area contributed by atoms with Gasteiger partial charge in [0.1, 0.15) is 0 Å². The Labute approximate surface area is 344 Å². The summed E-state index contributed by atoms with van der Waals surface area (Å²) >= 11 is 0. The van der Waals surface area contributed by atoms with Crippen LogP contribution in [0.4, 0.5) is 22.7 Å². The predicted molar refractivity (Wildman–Crippen MR) is 246 cm³/mol. The van der Waals surface area contributed by atoms with E-state index in [9.17, 15) is 0 Å². The molecule has 2 heteroatoms. The molecule has 1 unspecified atom stereocenters. The van der Waals surface area contributed by atoms with Gasteiger partial charge in [0, 0.05) is 33.4 Å². The lowest BCUT2D eigenvalue weighted by atomic mass is 9.70. The van der Waals surface area contributed by atoms with Gasteiger partial charge in [-0.05, 0) is 104 Å². The molecule has 0 amide bonds. The van der Waals surface area contributed by atoms with Crippen LogP contribution >= 0.6 is 0 Å². The van der Waals surface area contributed by atoms with Gasteiger partial charge in [0.05, 0.1) is 22.8 Å². The number of rotatable bonds is 4. The Morgan fingerprint density at radius 3 is 1.76 bits per heavy atom. The van der Waals surface area contributed by atoms with Crippen molar-refractivity contribution >= 4 is 44.3 Å². The molecule has 0 radical (unpaired) electrons. The number of hydrogen-bond donors (Lipinski definition) is 0. The quantitative estimate of drug-likeness (QED) is 0.177. The maximum absolute atomic E-state index is 2.56. The van der Waals surface area contributed by atoms with Crippen LogP contribution in [0, 0.1) is 0 Å². The molecular weight excluding hydrogens is 713 g/mol. The van der Waals surface area contributed by atoms with Crippen molar-refractivity contribution in [3.05, 3.63) is 240 Å². The number of fused-ring (bicyclic) bond motifs is 14. The molecule has 59 heavy (non-hydrogen) atoms. The first kappa shape index (κ1) is 32.6. The molecule has 13 rings (SSSR count). The average molecular weight is 751 g/mol. The highest BCUT2D eigenvalue weighted by atomic mass is 15.2. The first-order valence-corrected chi connectivity index (χ1v) is 20.8. The molecule has 0 N–H and O–H groups in total. The van der Waals surface area contributed by atoms with Crippen LogP contribution in [-0.4, -0.2) is 6.04 Å². The Balaban J connectivity index is 0.966. The average Bonchev–Trinajstić information content (AvgIpc) is 3.77. The van der Waals surface area contributed by atoms with Gasteiger partial charge in [-0.15, -0.1) is 0 Å². The third kappa shape index (κ3) is 4.41. The topological polar surface area (TPSA) is 6.48 Å². The maximum atomic E-state index is 2.56. The second-order valence-electron chi connectivity index (χ2n) is 16.3. The van der Waals surface area contributed by atoms with E-state index in [2.05, 4.69) is 222 Å². The maximum Gasteiger partial charge on any atom is 0.0726 e. The Hall–Kier alpha value is -7.42. The zero-order chi connectivity index (χ0) is 38.7. The molecule has 1 aliphatic heterocycles. The predicted octanol–water partition coefficient (Wildman–Crippen LogP) is 14.5. The lowest BCUT2D eigenvalue weighted by Crippen LogP contribution is -2.32. The normalized spacial score (nSPS) is 16.0. The van der Waals surface area contributed by atoms with Crippen LogP contribution in [0.5, 0.6) is 0 Å². The van der Waals surface area contributed by atoms with Gasteiger partial charge in [0.15, 0.2) is 0 Å². The molecular formula is C57H38N2. The van der Waals surface area contributed by atoms with Gasteiger partial charge in [-0.2, -0.15) is 0 Å². The molecule has 0 bridgehead atoms. The number of allylic oxidation sites excluding steroid dienone is 1. The fourth-order valence-electron chi connectivity index (χ4n) is 11.1. The van der Waals surface area contributed by atoms with Gasteiger partial charge in [0.25, 0.3) is 0 Å². The summed E-state index contributed by atoms with van der Waals surface area (Å²) in [5.74, 6) is 0. The van der Waals surface area contributed by atoms with Crippen molar-refractivity contribution in [3.63, 3.8) is 0 Å². The van der Waals surface area contributed by atoms with Crippen molar-refractivity contribution in [2.24, 2.45) is 0 Å². The Morgan fingerprint density at radius 1 is 0.458 bits per heavy atom. The standard InChI is InChI=1S/C57H38N2/c1-2-17-39(18-3-1)58(42-33-35-47-46-22-8-11-26-52(46)57(53(47)36-42)50-24-9-6-20-44(50)45-21-7-10-25-51(45)57)40-29-31-41(32-30-40)59-54-27-13-16-38-15-12-23-48(55(38)54)49-34-28-37-14-4-5-19-43(37)56(49)59/h1-29,31-36,40H,30H2. The number of benzene rings is 9. The molecule has 276 valence electrons. The van der Waals surface area contributed by atoms with Crippen LogP contribution in [0.15, 0.2) is 218 Å². The molecule has 9 aromatic carbocycles. The van der Waals surface area contributed by atoms with Crippen molar-refractivity contribution in [3.8, 4) is 33.4 Å². The summed E-state index contributed by atoms with van der Waals surface area (Å²) in [5, 5.41) is 5.09. The van der Waals surface area contributed by atoms with Crippen LogP contribution in [0.2, 0.25) is 0 Å². The van der Waals surface area contributed by atoms with E-state index in [1.165, 1.54) is 106 Å². The highest BCUT2D eigenvalue weighted by Crippen LogP contribution is 2.63. The second kappa shape index (κ2) is 12.3. The van der Waals surface area contributed by atoms with E-state index < -0.39 is 5.41 Å². The van der Waals surface area contributed by atoms with Gasteiger partial charge in [-0.1, -0.05) is 176 Å². The zero-order valence-electron chi connectivity index (χ0n) is 32.4. The molecule has 1 heterocycles. The van der Waals surface area contributed by atoms with Gasteiger partial charge >= 0.3 is 0 Å². The SMILES string of the molecule is C1=CC(N(c2ccccc2)c2ccc3c(c2)C2(c4ccccc4-c4ccccc42)c2ccccc2-3)CC=C1N1c2c(ccc3ccccc23)-c2cccc3cccc1c23. The van der Waals surface area contributed by atoms with Crippen LogP contribution in [0.3, 0.4) is 0 Å². The van der Waals surface area contributed by atoms with Crippen molar-refractivity contribution in [1.82, 2.24) is 0 Å². The van der Waals surface area contributed by atoms with Crippen molar-refractivity contribution in [1.29, 1.82) is 0 Å². The summed E-state index contributed by atoms with van der Waals surface area (Å²) in [6, 6.07) is 72.4. The van der Waals surface area contributed by atoms with Crippen molar-refractivity contribution < 1.29 is 0 Å². The monoisotopic (exact) mass is 750 g/mol. The molecule has 1 atom stereocenters. The molecule has 0 aromatic heterocycles. The van der Waals surface area contributed by atoms with Crippen molar-refractivity contribution in [2.45, 2.75) is 17.9 Å². The third-order valence-corrected chi connectivity index (χ3v) is 13.5. The Morgan fingerprint density at radius 2 is 1.05 bits per heavy atom. The number of para-hydroxylation sites is 1. The van der Waals surface area contributed by atoms with Crippen molar-refractivity contribution in [2.75, 3.05) is 9.80 Å². The van der Waals surface area contributed by atoms with Gasteiger partial charge in [-0.3, -0.25) is 0 Å². The van der Waals surface area contributed by atoms with Crippen LogP contribution in [0.25, 0.3) is 54.9 Å². The number of hydrogen-bond acceptors (Lipinski definition) is 2. The van der Waals surface area contributed by atoms with Crippen LogP contribution in [-0.2, 0) is 5.41 Å². The number of nitrogens with zero attached hydrogens (tertiary/aromatic N) is 2. The van der Waals surface area contributed by atoms with E-state index in [0.29, 0.717) is 0 Å². The molecule has 3 aliphatic carbocycles. The summed E-state index contributed by atoms with van der Waals surface area (Å²) in [4.78, 5) is 5.08. The van der Waals surface area contributed by atoms with Gasteiger partial charge in [-0.25, -0.2) is 0 Å². The van der Waals surface area contributed by atoms with E-state index in [-0.39, 0.29) is 6.04 Å². The fourth-order valence-corrected chi connectivity index (χ4v) is 11.1. The van der Waals surface area contributed by atoms with E-state index >= 15 is 0 Å². The fraction of sp³-hybridized carbons (Fsp3) is 0.0526. The molecule has 0 saturated heterocycles. The molecule has 0 saturated carbocycles. The first-order valence-electron chi connectivity index (χ1n) is 20.8. The second-order valence-corrected chi connectivity index (χ2v) is 16.3. The van der Waals surface area contributed by atoms with Crippen LogP contribution in [0.1, 0.15) is 28.7 Å². The van der Waals surface area contributed by atoms with E-state index in [1.807, 2.05) is 0 Å². The smallest absolute Gasteiger partial charge is 0.0726 e. The zero-order valence-corrected chi connectivity index (χ0v) is 32.4. The minimum atomic E-state index is -0.394. The number of anilines is 4. The largest absolute Gasteiger partial charge is 0.334 e. The van der Waals surface area contributed by atoms with E-state index in [1.54, 1.807) is 0 Å². The summed E-state index contributed by atoms with van der Waals surface area (Å²) in [6.07, 6.45) is 8.12. The lowest BCUT2D eigenvalue weighted by Gasteiger charge is -2.38. The van der Waals surface area contributed by atoms with E-state index in [0.717, 1.165) is 6.42 Å². The lowest BCUT2D eigenvalue weighted by molar-refractivity contribution is 0.769. The molecule has 0 fully saturated rings. The summed E-state index contributed by atoms with van der Waals surface area (Å²) in [5.41, 5.74) is 19.0. The highest BCUT2D eigenvalue weighted by Gasteiger charge is 2.51. The minimum Gasteiger partial charge on any atom is -0.334 e.